The summed E-state index contributed by atoms with van der Waals surface area (Å²) in [5.41, 5.74) is 3.31. The van der Waals surface area contributed by atoms with E-state index in [1.54, 1.807) is 7.11 Å². The maximum absolute atomic E-state index is 10.8. The molecular weight excluding hydrogens is 176 g/mol. The zero-order chi connectivity index (χ0) is 10.1. The van der Waals surface area contributed by atoms with Gasteiger partial charge >= 0.3 is 0 Å². The third-order valence-electron chi connectivity index (χ3n) is 3.00. The molecule has 1 aliphatic rings. The van der Waals surface area contributed by atoms with Crippen molar-refractivity contribution in [3.05, 3.63) is 28.8 Å². The van der Waals surface area contributed by atoms with Gasteiger partial charge < -0.3 is 4.74 Å². The number of hydrogen-bond donors (Lipinski definition) is 0. The van der Waals surface area contributed by atoms with Crippen molar-refractivity contribution in [1.29, 1.82) is 0 Å². The number of ether oxygens (including phenoxy) is 1. The van der Waals surface area contributed by atoms with Gasteiger partial charge in [0.05, 0.1) is 12.7 Å². The van der Waals surface area contributed by atoms with Gasteiger partial charge in [-0.1, -0.05) is 6.92 Å². The van der Waals surface area contributed by atoms with Gasteiger partial charge in [-0.3, -0.25) is 4.79 Å². The predicted octanol–water partition coefficient (Wildman–Crippen LogP) is 2.56. The van der Waals surface area contributed by atoms with Gasteiger partial charge in [0.2, 0.25) is 0 Å². The summed E-state index contributed by atoms with van der Waals surface area (Å²) in [7, 11) is 1.61. The second-order valence-corrected chi connectivity index (χ2v) is 3.85. The molecule has 0 radical (unpaired) electrons. The molecule has 0 amide bonds. The van der Waals surface area contributed by atoms with Crippen molar-refractivity contribution in [3.8, 4) is 5.75 Å². The van der Waals surface area contributed by atoms with Gasteiger partial charge in [-0.05, 0) is 42.0 Å². The number of rotatable bonds is 2. The number of aryl methyl sites for hydroxylation is 1. The van der Waals surface area contributed by atoms with E-state index in [-0.39, 0.29) is 0 Å². The summed E-state index contributed by atoms with van der Waals surface area (Å²) < 4.78 is 5.18. The van der Waals surface area contributed by atoms with Gasteiger partial charge in [-0.2, -0.15) is 0 Å². The zero-order valence-electron chi connectivity index (χ0n) is 8.54. The van der Waals surface area contributed by atoms with Crippen LogP contribution in [0.5, 0.6) is 5.75 Å². The molecule has 0 heterocycles. The third kappa shape index (κ3) is 1.31. The van der Waals surface area contributed by atoms with E-state index in [4.69, 9.17) is 4.74 Å². The topological polar surface area (TPSA) is 26.3 Å². The lowest BCUT2D eigenvalue weighted by Crippen LogP contribution is -1.95. The fourth-order valence-electron chi connectivity index (χ4n) is 2.13. The van der Waals surface area contributed by atoms with Crippen molar-refractivity contribution < 1.29 is 9.53 Å². The average Bonchev–Trinajstić information content (AvgIpc) is 2.58. The standard InChI is InChI=1S/C12H14O2/c1-8-3-4-9-5-10(7-13)12(14-2)6-11(8)9/h5-8H,3-4H2,1-2H3. The summed E-state index contributed by atoms with van der Waals surface area (Å²) in [6.07, 6.45) is 3.13. The molecule has 1 aromatic carbocycles. The molecule has 0 fully saturated rings. The molecule has 14 heavy (non-hydrogen) atoms. The largest absolute Gasteiger partial charge is 0.496 e. The Bertz CT molecular complexity index is 369. The molecule has 1 aliphatic carbocycles. The third-order valence-corrected chi connectivity index (χ3v) is 3.00. The molecule has 0 saturated heterocycles. The highest BCUT2D eigenvalue weighted by atomic mass is 16.5. The van der Waals surface area contributed by atoms with E-state index < -0.39 is 0 Å². The van der Waals surface area contributed by atoms with E-state index in [9.17, 15) is 4.79 Å². The Morgan fingerprint density at radius 3 is 2.93 bits per heavy atom. The number of fused-ring (bicyclic) bond motifs is 1. The molecule has 2 rings (SSSR count). The SMILES string of the molecule is COc1cc2c(cc1C=O)CCC2C. The molecule has 1 unspecified atom stereocenters. The molecule has 0 saturated carbocycles. The molecule has 1 aromatic rings. The van der Waals surface area contributed by atoms with E-state index >= 15 is 0 Å². The minimum absolute atomic E-state index is 0.597. The van der Waals surface area contributed by atoms with Gasteiger partial charge in [-0.25, -0.2) is 0 Å². The molecule has 1 atom stereocenters. The normalized spacial score (nSPS) is 19.1. The Morgan fingerprint density at radius 2 is 2.29 bits per heavy atom. The van der Waals surface area contributed by atoms with Crippen LogP contribution in [0.15, 0.2) is 12.1 Å². The lowest BCUT2D eigenvalue weighted by Gasteiger charge is -2.09. The maximum atomic E-state index is 10.8. The zero-order valence-corrected chi connectivity index (χ0v) is 8.54. The first kappa shape index (κ1) is 9.25. The van der Waals surface area contributed by atoms with E-state index in [2.05, 4.69) is 6.92 Å². The van der Waals surface area contributed by atoms with Crippen molar-refractivity contribution in [1.82, 2.24) is 0 Å². The monoisotopic (exact) mass is 190 g/mol. The maximum Gasteiger partial charge on any atom is 0.153 e. The van der Waals surface area contributed by atoms with Gasteiger partial charge in [0.15, 0.2) is 6.29 Å². The lowest BCUT2D eigenvalue weighted by atomic mass is 10.0. The molecule has 0 spiro atoms. The fourth-order valence-corrected chi connectivity index (χ4v) is 2.13. The van der Waals surface area contributed by atoms with E-state index in [1.807, 2.05) is 12.1 Å². The number of carbonyl (C=O) groups excluding carboxylic acids is 1. The van der Waals surface area contributed by atoms with Crippen LogP contribution in [0, 0.1) is 0 Å². The highest BCUT2D eigenvalue weighted by Gasteiger charge is 2.20. The Kier molecular flexibility index (Phi) is 2.28. The highest BCUT2D eigenvalue weighted by molar-refractivity contribution is 5.80. The van der Waals surface area contributed by atoms with Crippen molar-refractivity contribution >= 4 is 6.29 Å². The molecule has 2 heteroatoms. The molecule has 74 valence electrons. The van der Waals surface area contributed by atoms with Crippen LogP contribution in [0.25, 0.3) is 0 Å². The quantitative estimate of drug-likeness (QED) is 0.670. The van der Waals surface area contributed by atoms with Gasteiger partial charge in [0.25, 0.3) is 0 Å². The predicted molar refractivity (Wildman–Crippen MR) is 55.1 cm³/mol. The minimum Gasteiger partial charge on any atom is -0.496 e. The first-order chi connectivity index (χ1) is 6.76. The van der Waals surface area contributed by atoms with Crippen LogP contribution < -0.4 is 4.74 Å². The van der Waals surface area contributed by atoms with Crippen LogP contribution in [-0.4, -0.2) is 13.4 Å². The number of hydrogen-bond acceptors (Lipinski definition) is 2. The molecule has 0 aromatic heterocycles. The van der Waals surface area contributed by atoms with Crippen molar-refractivity contribution in [2.75, 3.05) is 7.11 Å². The van der Waals surface area contributed by atoms with E-state index in [0.717, 1.165) is 12.7 Å². The van der Waals surface area contributed by atoms with Crippen LogP contribution in [0.4, 0.5) is 0 Å². The van der Waals surface area contributed by atoms with Crippen LogP contribution in [0.1, 0.15) is 40.7 Å². The molecule has 0 aliphatic heterocycles. The van der Waals surface area contributed by atoms with Gasteiger partial charge in [0, 0.05) is 0 Å². The number of benzene rings is 1. The summed E-state index contributed by atoms with van der Waals surface area (Å²) in [4.78, 5) is 10.8. The smallest absolute Gasteiger partial charge is 0.153 e. The van der Waals surface area contributed by atoms with Crippen molar-refractivity contribution in [2.45, 2.75) is 25.7 Å². The second-order valence-electron chi connectivity index (χ2n) is 3.85. The number of carbonyl (C=O) groups is 1. The molecule has 0 bridgehead atoms. The first-order valence-corrected chi connectivity index (χ1v) is 4.92. The highest BCUT2D eigenvalue weighted by Crippen LogP contribution is 2.36. The van der Waals surface area contributed by atoms with Crippen LogP contribution in [-0.2, 0) is 6.42 Å². The van der Waals surface area contributed by atoms with Crippen LogP contribution in [0.3, 0.4) is 0 Å². The summed E-state index contributed by atoms with van der Waals surface area (Å²) in [5, 5.41) is 0. The lowest BCUT2D eigenvalue weighted by molar-refractivity contribution is 0.112. The fraction of sp³-hybridized carbons (Fsp3) is 0.417. The number of aldehydes is 1. The Labute approximate surface area is 83.9 Å². The first-order valence-electron chi connectivity index (χ1n) is 4.92. The second kappa shape index (κ2) is 3.45. The molecule has 0 N–H and O–H groups in total. The van der Waals surface area contributed by atoms with Crippen LogP contribution in [0.2, 0.25) is 0 Å². The van der Waals surface area contributed by atoms with Gasteiger partial charge in [-0.15, -0.1) is 0 Å². The summed E-state index contributed by atoms with van der Waals surface area (Å²) in [6, 6.07) is 3.97. The summed E-state index contributed by atoms with van der Waals surface area (Å²) in [6.45, 7) is 2.21. The molecular formula is C12H14O2. The summed E-state index contributed by atoms with van der Waals surface area (Å²) in [5.74, 6) is 1.30. The number of methoxy groups -OCH3 is 1. The Morgan fingerprint density at radius 1 is 1.50 bits per heavy atom. The van der Waals surface area contributed by atoms with E-state index in [0.29, 0.717) is 17.2 Å². The molecule has 2 nitrogen and oxygen atoms in total. The van der Waals surface area contributed by atoms with Crippen molar-refractivity contribution in [3.63, 3.8) is 0 Å². The Hall–Kier alpha value is -1.31. The van der Waals surface area contributed by atoms with E-state index in [1.165, 1.54) is 17.5 Å². The minimum atomic E-state index is 0.597. The van der Waals surface area contributed by atoms with Gasteiger partial charge in [0.1, 0.15) is 5.75 Å². The summed E-state index contributed by atoms with van der Waals surface area (Å²) >= 11 is 0. The van der Waals surface area contributed by atoms with Crippen molar-refractivity contribution in [2.24, 2.45) is 0 Å². The Balaban J connectivity index is 2.54. The van der Waals surface area contributed by atoms with Crippen LogP contribution >= 0.6 is 0 Å². The average molecular weight is 190 g/mol.